The Balaban J connectivity index is 0.00000148. The van der Waals surface area contributed by atoms with Gasteiger partial charge in [0.05, 0.1) is 17.8 Å². The Morgan fingerprint density at radius 2 is 1.86 bits per heavy atom. The molecule has 1 aromatic carbocycles. The summed E-state index contributed by atoms with van der Waals surface area (Å²) in [5, 5.41) is 16.4. The van der Waals surface area contributed by atoms with Crippen LogP contribution in [0.3, 0.4) is 0 Å². The van der Waals surface area contributed by atoms with Crippen LogP contribution in [0.15, 0.2) is 24.3 Å². The van der Waals surface area contributed by atoms with E-state index in [1.807, 2.05) is 19.9 Å². The van der Waals surface area contributed by atoms with E-state index in [9.17, 15) is 18.0 Å². The van der Waals surface area contributed by atoms with Crippen molar-refractivity contribution in [2.24, 2.45) is 5.92 Å². The number of anilines is 1. The predicted octanol–water partition coefficient (Wildman–Crippen LogP) is 5.28. The van der Waals surface area contributed by atoms with Crippen LogP contribution in [0, 0.1) is 5.92 Å². The lowest BCUT2D eigenvalue weighted by Crippen LogP contribution is -2.36. The largest absolute Gasteiger partial charge is 0.406 e. The summed E-state index contributed by atoms with van der Waals surface area (Å²) in [6.07, 6.45) is -0.619. The van der Waals surface area contributed by atoms with E-state index < -0.39 is 12.7 Å². The third-order valence-corrected chi connectivity index (χ3v) is 7.36. The number of aromatic nitrogens is 3. The van der Waals surface area contributed by atoms with E-state index in [0.29, 0.717) is 21.2 Å². The molecule has 1 amide bonds. The smallest absolute Gasteiger partial charge is 0.382 e. The topological polar surface area (TPSA) is 75.1 Å². The maximum absolute atomic E-state index is 13.5. The number of piperidine rings is 1. The zero-order valence-electron chi connectivity index (χ0n) is 20.9. The van der Waals surface area contributed by atoms with E-state index in [4.69, 9.17) is 0 Å². The van der Waals surface area contributed by atoms with Crippen LogP contribution in [0.4, 0.5) is 18.9 Å². The van der Waals surface area contributed by atoms with Crippen molar-refractivity contribution in [3.8, 4) is 10.7 Å². The number of likely N-dealkylation sites (tertiary alicyclic amines) is 1. The third-order valence-electron chi connectivity index (χ3n) is 6.41. The zero-order chi connectivity index (χ0) is 25.9. The molecule has 1 saturated heterocycles. The fourth-order valence-electron chi connectivity index (χ4n) is 4.39. The van der Waals surface area contributed by atoms with Gasteiger partial charge in [0, 0.05) is 23.0 Å². The van der Waals surface area contributed by atoms with E-state index in [1.54, 1.807) is 18.2 Å². The highest BCUT2D eigenvalue weighted by Gasteiger charge is 2.32. The molecule has 1 aliphatic heterocycles. The van der Waals surface area contributed by atoms with Crippen LogP contribution < -0.4 is 10.6 Å². The van der Waals surface area contributed by atoms with Crippen LogP contribution in [0.1, 0.15) is 44.5 Å². The number of amides is 1. The van der Waals surface area contributed by atoms with Crippen molar-refractivity contribution in [2.45, 2.75) is 64.8 Å². The normalized spacial score (nSPS) is 17.1. The maximum Gasteiger partial charge on any atom is 0.406 e. The summed E-state index contributed by atoms with van der Waals surface area (Å²) in [6, 6.07) is 7.46. The van der Waals surface area contributed by atoms with Crippen LogP contribution in [0.2, 0.25) is 0 Å². The lowest BCUT2D eigenvalue weighted by molar-refractivity contribution is -0.139. The van der Waals surface area contributed by atoms with Crippen LogP contribution in [0.5, 0.6) is 0 Å². The van der Waals surface area contributed by atoms with Crippen molar-refractivity contribution in [1.82, 2.24) is 25.0 Å². The van der Waals surface area contributed by atoms with Gasteiger partial charge in [0.15, 0.2) is 5.01 Å². The quantitative estimate of drug-likeness (QED) is 0.442. The number of halogens is 3. The molecule has 11 heteroatoms. The molecule has 2 aliphatic rings. The number of carbonyl (C=O) groups excluding carboxylic acids is 1. The molecule has 0 unspecified atom stereocenters. The molecular formula is C25H33F3N6OS. The first kappa shape index (κ1) is 26.4. The summed E-state index contributed by atoms with van der Waals surface area (Å²) in [5.74, 6) is 0.0738. The molecule has 7 nitrogen and oxygen atoms in total. The number of hydrogen-bond acceptors (Lipinski definition) is 6. The number of hydrogen-bond donors (Lipinski definition) is 2. The second-order valence-corrected chi connectivity index (χ2v) is 10.2. The van der Waals surface area contributed by atoms with Crippen molar-refractivity contribution in [2.75, 3.05) is 25.5 Å². The van der Waals surface area contributed by atoms with Crippen molar-refractivity contribution in [1.29, 1.82) is 0 Å². The molecule has 5 rings (SSSR count). The van der Waals surface area contributed by atoms with Gasteiger partial charge in [-0.3, -0.25) is 4.79 Å². The minimum absolute atomic E-state index is 0.00689. The van der Waals surface area contributed by atoms with Gasteiger partial charge in [-0.05, 0) is 64.0 Å². The molecule has 196 valence electrons. The highest BCUT2D eigenvalue weighted by Crippen LogP contribution is 2.36. The first-order valence-electron chi connectivity index (χ1n) is 12.5. The molecule has 0 radical (unpaired) electrons. The number of rotatable bonds is 7. The van der Waals surface area contributed by atoms with Crippen molar-refractivity contribution in [3.05, 3.63) is 29.3 Å². The highest BCUT2D eigenvalue weighted by atomic mass is 32.1. The van der Waals surface area contributed by atoms with Gasteiger partial charge in [-0.2, -0.15) is 13.2 Å². The van der Waals surface area contributed by atoms with Crippen LogP contribution in [-0.4, -0.2) is 57.9 Å². The first-order chi connectivity index (χ1) is 17.3. The van der Waals surface area contributed by atoms with E-state index in [1.165, 1.54) is 15.9 Å². The summed E-state index contributed by atoms with van der Waals surface area (Å²) in [7, 11) is 2.09. The van der Waals surface area contributed by atoms with Gasteiger partial charge < -0.3 is 20.1 Å². The Kier molecular flexibility index (Phi) is 8.19. The van der Waals surface area contributed by atoms with E-state index in [0.717, 1.165) is 49.8 Å². The fourth-order valence-corrected chi connectivity index (χ4v) is 5.20. The highest BCUT2D eigenvalue weighted by molar-refractivity contribution is 7.14. The molecule has 0 spiro atoms. The predicted molar refractivity (Wildman–Crippen MR) is 137 cm³/mol. The maximum atomic E-state index is 13.5. The monoisotopic (exact) mass is 522 g/mol. The van der Waals surface area contributed by atoms with E-state index in [-0.39, 0.29) is 24.4 Å². The average Bonchev–Trinajstić information content (AvgIpc) is 3.50. The van der Waals surface area contributed by atoms with Crippen LogP contribution in [-0.2, 0) is 17.9 Å². The van der Waals surface area contributed by atoms with Gasteiger partial charge >= 0.3 is 6.18 Å². The molecule has 2 N–H and O–H groups in total. The second kappa shape index (κ2) is 11.2. The lowest BCUT2D eigenvalue weighted by Gasteiger charge is -2.30. The number of nitrogens with zero attached hydrogens (tertiary/aromatic N) is 4. The van der Waals surface area contributed by atoms with Crippen molar-refractivity contribution in [3.63, 3.8) is 0 Å². The molecule has 1 aliphatic carbocycles. The molecule has 3 heterocycles. The Bertz CT molecular complexity index is 1180. The minimum Gasteiger partial charge on any atom is -0.382 e. The number of fused-ring (bicyclic) bond motifs is 1. The number of benzene rings is 1. The summed E-state index contributed by atoms with van der Waals surface area (Å²) in [5.41, 5.74) is 1.71. The van der Waals surface area contributed by atoms with Gasteiger partial charge in [0.1, 0.15) is 11.6 Å². The van der Waals surface area contributed by atoms with Gasteiger partial charge in [-0.25, -0.2) is 0 Å². The van der Waals surface area contributed by atoms with Crippen LogP contribution in [0.25, 0.3) is 21.6 Å². The Morgan fingerprint density at radius 3 is 2.53 bits per heavy atom. The summed E-state index contributed by atoms with van der Waals surface area (Å²) in [6.45, 7) is 5.09. The first-order valence-corrected chi connectivity index (χ1v) is 13.3. The van der Waals surface area contributed by atoms with Gasteiger partial charge in [-0.1, -0.05) is 31.3 Å². The van der Waals surface area contributed by atoms with E-state index in [2.05, 4.69) is 32.8 Å². The molecule has 1 saturated carbocycles. The second-order valence-electron chi connectivity index (χ2n) is 9.18. The van der Waals surface area contributed by atoms with Gasteiger partial charge in [0.25, 0.3) is 0 Å². The third kappa shape index (κ3) is 6.36. The fraction of sp³-hybridized carbons (Fsp3) is 0.560. The average molecular weight is 523 g/mol. The molecule has 0 bridgehead atoms. The molecule has 0 atom stereocenters. The summed E-state index contributed by atoms with van der Waals surface area (Å²) in [4.78, 5) is 14.2. The SMILES string of the molecule is CC.CN1CCC(Nc2cccc3c2cc(-c2nnc(CNC(=O)C4CC4)s2)n3CC(F)(F)F)CC1. The Morgan fingerprint density at radius 1 is 1.14 bits per heavy atom. The molecule has 36 heavy (non-hydrogen) atoms. The lowest BCUT2D eigenvalue weighted by atomic mass is 10.0. The number of carbonyl (C=O) groups is 1. The van der Waals surface area contributed by atoms with E-state index >= 15 is 0 Å². The van der Waals surface area contributed by atoms with Gasteiger partial charge in [0.2, 0.25) is 5.91 Å². The van der Waals surface area contributed by atoms with Crippen LogP contribution >= 0.6 is 11.3 Å². The van der Waals surface area contributed by atoms with Crippen molar-refractivity contribution < 1.29 is 18.0 Å². The molecule has 2 fully saturated rings. The summed E-state index contributed by atoms with van der Waals surface area (Å²) < 4.78 is 41.8. The molecule has 2 aromatic heterocycles. The standard InChI is InChI=1S/C23H27F3N6OS.C2H6/c1-31-9-7-15(8-10-31)28-17-3-2-4-18-16(17)11-19(32(18)13-23(24,25)26)22-30-29-20(34-22)12-27-21(33)14-5-6-14;1-2/h2-4,11,14-15,28H,5-10,12-13H2,1H3,(H,27,33);1-2H3. The number of nitrogens with one attached hydrogen (secondary N) is 2. The Hall–Kier alpha value is -2.66. The Labute approximate surface area is 213 Å². The number of alkyl halides is 3. The molecule has 3 aromatic rings. The molecular weight excluding hydrogens is 489 g/mol. The van der Waals surface area contributed by atoms with Gasteiger partial charge in [-0.15, -0.1) is 10.2 Å². The minimum atomic E-state index is -4.39. The van der Waals surface area contributed by atoms with Crippen molar-refractivity contribution >= 4 is 33.8 Å². The zero-order valence-corrected chi connectivity index (χ0v) is 21.7. The summed E-state index contributed by atoms with van der Waals surface area (Å²) >= 11 is 1.21.